The van der Waals surface area contributed by atoms with Gasteiger partial charge in [0.1, 0.15) is 5.60 Å². The highest BCUT2D eigenvalue weighted by Gasteiger charge is 2.18. The van der Waals surface area contributed by atoms with Crippen LogP contribution in [0.5, 0.6) is 0 Å². The molecule has 0 saturated carbocycles. The highest BCUT2D eigenvalue weighted by molar-refractivity contribution is 5.74. The lowest BCUT2D eigenvalue weighted by Crippen LogP contribution is -2.32. The fraction of sp³-hybridized carbons (Fsp3) is 0.300. The van der Waals surface area contributed by atoms with Gasteiger partial charge in [-0.2, -0.15) is 4.98 Å². The van der Waals surface area contributed by atoms with Crippen molar-refractivity contribution < 1.29 is 22.8 Å². The first-order valence-electron chi connectivity index (χ1n) is 12.4. The minimum atomic E-state index is -2.56. The summed E-state index contributed by atoms with van der Waals surface area (Å²) in [6.45, 7) is 9.46. The lowest BCUT2D eigenvalue weighted by molar-refractivity contribution is -0.153. The molecule has 198 valence electrons. The van der Waals surface area contributed by atoms with Gasteiger partial charge in [-0.15, -0.1) is 0 Å². The van der Waals surface area contributed by atoms with Crippen LogP contribution in [0, 0.1) is 6.92 Å². The van der Waals surface area contributed by atoms with Gasteiger partial charge in [-0.05, 0) is 69.0 Å². The van der Waals surface area contributed by atoms with Crippen LogP contribution in [0.4, 0.5) is 8.78 Å². The van der Waals surface area contributed by atoms with Crippen LogP contribution in [0.1, 0.15) is 56.9 Å². The molecular weight excluding hydrogens is 488 g/mol. The molecule has 1 aromatic heterocycles. The quantitative estimate of drug-likeness (QED) is 0.246. The third-order valence-corrected chi connectivity index (χ3v) is 6.03. The van der Waals surface area contributed by atoms with Gasteiger partial charge in [0.2, 0.25) is 5.82 Å². The minimum Gasteiger partial charge on any atom is -0.459 e. The predicted octanol–water partition coefficient (Wildman–Crippen LogP) is 7.31. The van der Waals surface area contributed by atoms with Crippen molar-refractivity contribution in [2.45, 2.75) is 52.7 Å². The van der Waals surface area contributed by atoms with Crippen molar-refractivity contribution in [1.29, 1.82) is 0 Å². The molecule has 1 atom stereocenters. The van der Waals surface area contributed by atoms with Crippen molar-refractivity contribution in [3.8, 4) is 34.0 Å². The van der Waals surface area contributed by atoms with Crippen LogP contribution in [-0.4, -0.2) is 28.3 Å². The molecule has 0 spiro atoms. The minimum absolute atomic E-state index is 0.00114. The number of alkyl halides is 2. The van der Waals surface area contributed by atoms with Crippen LogP contribution in [0.25, 0.3) is 34.0 Å². The lowest BCUT2D eigenvalue weighted by atomic mass is 9.94. The first-order valence-corrected chi connectivity index (χ1v) is 12.4. The van der Waals surface area contributed by atoms with E-state index in [4.69, 9.17) is 9.26 Å². The van der Waals surface area contributed by atoms with Crippen LogP contribution in [-0.2, 0) is 9.53 Å². The Morgan fingerprint density at radius 2 is 1.68 bits per heavy atom. The number of hydrogen-bond donors (Lipinski definition) is 1. The summed E-state index contributed by atoms with van der Waals surface area (Å²) in [5.74, 6) is 0.473. The first-order chi connectivity index (χ1) is 18.0. The smallest absolute Gasteiger partial charge is 0.320 e. The van der Waals surface area contributed by atoms with Crippen LogP contribution >= 0.6 is 0 Å². The number of rotatable bonds is 8. The Morgan fingerprint density at radius 3 is 2.34 bits per heavy atom. The number of hydrogen-bond acceptors (Lipinski definition) is 6. The predicted molar refractivity (Wildman–Crippen MR) is 143 cm³/mol. The average Bonchev–Trinajstić information content (AvgIpc) is 3.37. The molecule has 0 aliphatic carbocycles. The van der Waals surface area contributed by atoms with Gasteiger partial charge in [-0.1, -0.05) is 59.8 Å². The largest absolute Gasteiger partial charge is 0.459 e. The van der Waals surface area contributed by atoms with Crippen molar-refractivity contribution in [3.63, 3.8) is 0 Å². The summed E-state index contributed by atoms with van der Waals surface area (Å²) in [7, 11) is 0. The number of halogens is 2. The molecule has 0 fully saturated rings. The Kier molecular flexibility index (Phi) is 8.02. The van der Waals surface area contributed by atoms with E-state index in [0.717, 1.165) is 22.3 Å². The second-order valence-corrected chi connectivity index (χ2v) is 10.2. The maximum atomic E-state index is 13.5. The molecule has 6 nitrogen and oxygen atoms in total. The summed E-state index contributed by atoms with van der Waals surface area (Å²) >= 11 is 0. The molecule has 0 bridgehead atoms. The molecule has 0 amide bonds. The molecule has 1 heterocycles. The highest BCUT2D eigenvalue weighted by atomic mass is 19.3. The number of carbonyl (C=O) groups excluding carboxylic acids is 1. The van der Waals surface area contributed by atoms with Crippen LogP contribution in [0.15, 0.2) is 71.3 Å². The Labute approximate surface area is 221 Å². The van der Waals surface area contributed by atoms with E-state index in [0.29, 0.717) is 22.8 Å². The van der Waals surface area contributed by atoms with Gasteiger partial charge in [0.15, 0.2) is 0 Å². The molecular formula is C30H31F2N3O3. The molecule has 4 rings (SSSR count). The van der Waals surface area contributed by atoms with Crippen molar-refractivity contribution >= 4 is 5.97 Å². The van der Waals surface area contributed by atoms with E-state index in [1.54, 1.807) is 30.3 Å². The molecule has 0 aliphatic rings. The summed E-state index contributed by atoms with van der Waals surface area (Å²) in [4.78, 5) is 16.5. The number of ether oxygens (including phenoxy) is 1. The fourth-order valence-corrected chi connectivity index (χ4v) is 4.14. The third kappa shape index (κ3) is 6.50. The van der Waals surface area contributed by atoms with Crippen LogP contribution < -0.4 is 5.32 Å². The molecule has 0 unspecified atom stereocenters. The summed E-state index contributed by atoms with van der Waals surface area (Å²) in [5, 5.41) is 7.29. The monoisotopic (exact) mass is 519 g/mol. The highest BCUT2D eigenvalue weighted by Crippen LogP contribution is 2.34. The Hall–Kier alpha value is -3.91. The molecule has 0 radical (unpaired) electrons. The normalized spacial score (nSPS) is 12.5. The van der Waals surface area contributed by atoms with E-state index in [9.17, 15) is 13.6 Å². The number of carbonyl (C=O) groups is 1. The number of nitrogens with zero attached hydrogens (tertiary/aromatic N) is 2. The van der Waals surface area contributed by atoms with Gasteiger partial charge >= 0.3 is 5.97 Å². The maximum absolute atomic E-state index is 13.5. The number of benzene rings is 3. The zero-order valence-electron chi connectivity index (χ0n) is 22.1. The summed E-state index contributed by atoms with van der Waals surface area (Å²) in [5.41, 5.74) is 4.03. The first kappa shape index (κ1) is 27.1. The van der Waals surface area contributed by atoms with Crippen molar-refractivity contribution in [1.82, 2.24) is 15.5 Å². The van der Waals surface area contributed by atoms with Gasteiger partial charge in [-0.25, -0.2) is 8.78 Å². The summed E-state index contributed by atoms with van der Waals surface area (Å²) in [6.07, 6.45) is -2.56. The second kappa shape index (κ2) is 11.2. The van der Waals surface area contributed by atoms with E-state index >= 15 is 0 Å². The van der Waals surface area contributed by atoms with Gasteiger partial charge in [0.25, 0.3) is 12.3 Å². The lowest BCUT2D eigenvalue weighted by Gasteiger charge is -2.21. The van der Waals surface area contributed by atoms with Crippen molar-refractivity contribution in [2.75, 3.05) is 6.54 Å². The van der Waals surface area contributed by atoms with Crippen molar-refractivity contribution in [3.05, 3.63) is 83.4 Å². The summed E-state index contributed by atoms with van der Waals surface area (Å²) in [6, 6.07) is 19.6. The Morgan fingerprint density at radius 1 is 1.00 bits per heavy atom. The van der Waals surface area contributed by atoms with E-state index in [1.807, 2.05) is 65.0 Å². The molecule has 4 aromatic rings. The van der Waals surface area contributed by atoms with Crippen LogP contribution in [0.3, 0.4) is 0 Å². The summed E-state index contributed by atoms with van der Waals surface area (Å²) < 4.78 is 37.8. The van der Waals surface area contributed by atoms with E-state index in [-0.39, 0.29) is 24.1 Å². The third-order valence-electron chi connectivity index (χ3n) is 6.03. The Bertz CT molecular complexity index is 1410. The zero-order valence-corrected chi connectivity index (χ0v) is 22.1. The number of nitrogens with one attached hydrogen (secondary N) is 1. The maximum Gasteiger partial charge on any atom is 0.320 e. The van der Waals surface area contributed by atoms with Gasteiger partial charge in [0, 0.05) is 22.7 Å². The molecule has 1 N–H and O–H groups in total. The fourth-order valence-electron chi connectivity index (χ4n) is 4.14. The molecule has 3 aromatic carbocycles. The van der Waals surface area contributed by atoms with Crippen LogP contribution in [0.2, 0.25) is 0 Å². The second-order valence-electron chi connectivity index (χ2n) is 10.2. The number of aromatic nitrogens is 2. The number of aryl methyl sites for hydroxylation is 1. The molecule has 38 heavy (non-hydrogen) atoms. The van der Waals surface area contributed by atoms with Gasteiger partial charge < -0.3 is 14.6 Å². The van der Waals surface area contributed by atoms with E-state index in [1.165, 1.54) is 6.07 Å². The topological polar surface area (TPSA) is 77.2 Å². The van der Waals surface area contributed by atoms with E-state index < -0.39 is 12.0 Å². The van der Waals surface area contributed by atoms with E-state index in [2.05, 4.69) is 15.5 Å². The SMILES string of the molecule is Cc1cc(-c2nc(-c3ccc([C@@H](C)NCC(=O)OC(C)(C)C)cc3)no2)ccc1-c1ccccc1C(F)F. The van der Waals surface area contributed by atoms with Gasteiger partial charge in [0.05, 0.1) is 6.54 Å². The molecule has 0 saturated heterocycles. The number of esters is 1. The van der Waals surface area contributed by atoms with Gasteiger partial charge in [-0.3, -0.25) is 4.79 Å². The Balaban J connectivity index is 1.46. The standard InChI is InChI=1S/C30H31F2N3O3/c1-18-16-22(14-15-23(18)24-8-6-7-9-25(24)27(31)32)29-34-28(35-38-29)21-12-10-20(11-13-21)19(2)33-17-26(36)37-30(3,4)5/h6-16,19,27,33H,17H2,1-5H3/t19-/m1/s1. The van der Waals surface area contributed by atoms with Crippen molar-refractivity contribution in [2.24, 2.45) is 0 Å². The average molecular weight is 520 g/mol. The molecule has 8 heteroatoms. The zero-order chi connectivity index (χ0) is 27.4. The molecule has 0 aliphatic heterocycles.